The Morgan fingerprint density at radius 2 is 1.82 bits per heavy atom. The molecule has 4 rings (SSSR count). The first-order chi connectivity index (χ1) is 13.3. The molecule has 0 amide bonds. The summed E-state index contributed by atoms with van der Waals surface area (Å²) in [5, 5.41) is 3.52. The van der Waals surface area contributed by atoms with Crippen molar-refractivity contribution in [1.29, 1.82) is 0 Å². The van der Waals surface area contributed by atoms with Crippen LogP contribution < -0.4 is 5.32 Å². The molecule has 2 atom stereocenters. The minimum Gasteiger partial charge on any atom is -0.317 e. The fraction of sp³-hybridized carbons (Fsp3) is 0.727. The van der Waals surface area contributed by atoms with E-state index >= 15 is 0 Å². The molecule has 1 aromatic carbocycles. The summed E-state index contributed by atoms with van der Waals surface area (Å²) in [5.74, 6) is 0.431. The Morgan fingerprint density at radius 3 is 2.43 bits per heavy atom. The largest absolute Gasteiger partial charge is 0.317 e. The van der Waals surface area contributed by atoms with Gasteiger partial charge in [0, 0.05) is 31.7 Å². The molecular weight excluding hydrogens is 370 g/mol. The lowest BCUT2D eigenvalue weighted by Crippen LogP contribution is -2.63. The Hall–Kier alpha value is -0.950. The van der Waals surface area contributed by atoms with Gasteiger partial charge in [0.25, 0.3) is 0 Å². The van der Waals surface area contributed by atoms with E-state index in [0.29, 0.717) is 30.5 Å². The SMILES string of the molecule is CC(C)c1ccccc1C1CN(S(C)(=O)=O)CCN1C1CCC12CCNCC2. The summed E-state index contributed by atoms with van der Waals surface area (Å²) in [7, 11) is -3.17. The number of piperazine rings is 1. The molecular formula is C22H35N3O2S. The van der Waals surface area contributed by atoms with Crippen LogP contribution in [0.15, 0.2) is 24.3 Å². The summed E-state index contributed by atoms with van der Waals surface area (Å²) in [6.07, 6.45) is 6.43. The van der Waals surface area contributed by atoms with Crippen molar-refractivity contribution in [3.8, 4) is 0 Å². The molecule has 1 aliphatic carbocycles. The van der Waals surface area contributed by atoms with Crippen LogP contribution in [0.25, 0.3) is 0 Å². The molecule has 2 saturated heterocycles. The molecule has 1 aromatic rings. The normalized spacial score (nSPS) is 29.1. The van der Waals surface area contributed by atoms with Gasteiger partial charge in [0.2, 0.25) is 10.0 Å². The molecule has 3 aliphatic rings. The van der Waals surface area contributed by atoms with Gasteiger partial charge in [0.05, 0.1) is 6.26 Å². The molecule has 1 spiro atoms. The number of rotatable bonds is 4. The van der Waals surface area contributed by atoms with E-state index in [1.807, 2.05) is 0 Å². The van der Waals surface area contributed by atoms with Gasteiger partial charge in [-0.05, 0) is 61.2 Å². The van der Waals surface area contributed by atoms with Crippen molar-refractivity contribution in [1.82, 2.24) is 14.5 Å². The Bertz CT molecular complexity index is 802. The van der Waals surface area contributed by atoms with Crippen LogP contribution in [-0.2, 0) is 10.0 Å². The summed E-state index contributed by atoms with van der Waals surface area (Å²) >= 11 is 0. The molecule has 156 valence electrons. The van der Waals surface area contributed by atoms with Gasteiger partial charge in [-0.2, -0.15) is 4.31 Å². The second-order valence-electron chi connectivity index (χ2n) is 9.33. The predicted octanol–water partition coefficient (Wildman–Crippen LogP) is 2.96. The number of hydrogen-bond donors (Lipinski definition) is 1. The van der Waals surface area contributed by atoms with Crippen LogP contribution in [0.1, 0.15) is 62.6 Å². The summed E-state index contributed by atoms with van der Waals surface area (Å²) in [6.45, 7) is 8.73. The standard InChI is InChI=1S/C22H35N3O2S/c1-17(2)18-6-4-5-7-19(18)20-16-24(28(3,26)27)14-15-25(20)21-8-9-22(21)10-12-23-13-11-22/h4-7,17,20-21,23H,8-16H2,1-3H3. The van der Waals surface area contributed by atoms with E-state index in [2.05, 4.69) is 48.3 Å². The maximum Gasteiger partial charge on any atom is 0.211 e. The van der Waals surface area contributed by atoms with Crippen LogP contribution in [0.4, 0.5) is 0 Å². The van der Waals surface area contributed by atoms with Gasteiger partial charge in [-0.1, -0.05) is 38.1 Å². The highest BCUT2D eigenvalue weighted by Crippen LogP contribution is 2.53. The topological polar surface area (TPSA) is 52.7 Å². The highest BCUT2D eigenvalue weighted by Gasteiger charge is 2.52. The third-order valence-corrected chi connectivity index (χ3v) is 8.72. The van der Waals surface area contributed by atoms with Crippen molar-refractivity contribution < 1.29 is 8.42 Å². The molecule has 3 fully saturated rings. The Kier molecular flexibility index (Phi) is 5.60. The van der Waals surface area contributed by atoms with Crippen molar-refractivity contribution in [3.05, 3.63) is 35.4 Å². The molecule has 1 N–H and O–H groups in total. The van der Waals surface area contributed by atoms with Crippen LogP contribution in [0, 0.1) is 5.41 Å². The molecule has 28 heavy (non-hydrogen) atoms. The highest BCUT2D eigenvalue weighted by atomic mass is 32.2. The van der Waals surface area contributed by atoms with Crippen LogP contribution in [0.3, 0.4) is 0 Å². The molecule has 2 heterocycles. The number of sulfonamides is 1. The maximum absolute atomic E-state index is 12.3. The quantitative estimate of drug-likeness (QED) is 0.837. The fourth-order valence-corrected chi connectivity index (χ4v) is 6.60. The number of benzene rings is 1. The van der Waals surface area contributed by atoms with Crippen molar-refractivity contribution >= 4 is 10.0 Å². The monoisotopic (exact) mass is 405 g/mol. The van der Waals surface area contributed by atoms with Crippen molar-refractivity contribution in [2.75, 3.05) is 39.0 Å². The number of hydrogen-bond acceptors (Lipinski definition) is 4. The van der Waals surface area contributed by atoms with Gasteiger partial charge in [-0.15, -0.1) is 0 Å². The molecule has 6 heteroatoms. The molecule has 0 bridgehead atoms. The van der Waals surface area contributed by atoms with E-state index in [-0.39, 0.29) is 6.04 Å². The third kappa shape index (κ3) is 3.64. The van der Waals surface area contributed by atoms with Crippen LogP contribution in [0.2, 0.25) is 0 Å². The van der Waals surface area contributed by atoms with E-state index < -0.39 is 10.0 Å². The molecule has 2 aliphatic heterocycles. The average molecular weight is 406 g/mol. The van der Waals surface area contributed by atoms with Crippen LogP contribution in [0.5, 0.6) is 0 Å². The molecule has 2 unspecified atom stereocenters. The van der Waals surface area contributed by atoms with E-state index in [1.165, 1.54) is 43.1 Å². The molecule has 0 aromatic heterocycles. The van der Waals surface area contributed by atoms with Gasteiger partial charge in [0.15, 0.2) is 0 Å². The summed E-state index contributed by atoms with van der Waals surface area (Å²) in [5.41, 5.74) is 3.11. The molecule has 1 saturated carbocycles. The van der Waals surface area contributed by atoms with Crippen LogP contribution >= 0.6 is 0 Å². The van der Waals surface area contributed by atoms with Gasteiger partial charge in [-0.25, -0.2) is 8.42 Å². The van der Waals surface area contributed by atoms with E-state index in [0.717, 1.165) is 19.6 Å². The predicted molar refractivity (Wildman–Crippen MR) is 114 cm³/mol. The Balaban J connectivity index is 1.69. The van der Waals surface area contributed by atoms with Crippen molar-refractivity contribution in [3.63, 3.8) is 0 Å². The Labute approximate surface area is 170 Å². The average Bonchev–Trinajstić information content (AvgIpc) is 2.67. The lowest BCUT2D eigenvalue weighted by Gasteiger charge is -2.59. The van der Waals surface area contributed by atoms with Gasteiger partial charge in [0.1, 0.15) is 0 Å². The number of nitrogens with zero attached hydrogens (tertiary/aromatic N) is 2. The third-order valence-electron chi connectivity index (χ3n) is 7.45. The first-order valence-corrected chi connectivity index (χ1v) is 12.7. The number of piperidine rings is 1. The zero-order valence-corrected chi connectivity index (χ0v) is 18.3. The van der Waals surface area contributed by atoms with Crippen molar-refractivity contribution in [2.45, 2.75) is 57.5 Å². The maximum atomic E-state index is 12.3. The van der Waals surface area contributed by atoms with E-state index in [4.69, 9.17) is 0 Å². The van der Waals surface area contributed by atoms with E-state index in [9.17, 15) is 8.42 Å². The van der Waals surface area contributed by atoms with Gasteiger partial charge >= 0.3 is 0 Å². The zero-order valence-electron chi connectivity index (χ0n) is 17.5. The van der Waals surface area contributed by atoms with Gasteiger partial charge < -0.3 is 5.32 Å². The van der Waals surface area contributed by atoms with E-state index in [1.54, 1.807) is 4.31 Å². The smallest absolute Gasteiger partial charge is 0.211 e. The van der Waals surface area contributed by atoms with Crippen molar-refractivity contribution in [2.24, 2.45) is 5.41 Å². The second kappa shape index (κ2) is 7.71. The highest BCUT2D eigenvalue weighted by molar-refractivity contribution is 7.88. The summed E-state index contributed by atoms with van der Waals surface area (Å²) < 4.78 is 26.4. The lowest BCUT2D eigenvalue weighted by molar-refractivity contribution is -0.0817. The molecule has 0 radical (unpaired) electrons. The minimum atomic E-state index is -3.17. The summed E-state index contributed by atoms with van der Waals surface area (Å²) in [6, 6.07) is 9.41. The Morgan fingerprint density at radius 1 is 1.11 bits per heavy atom. The van der Waals surface area contributed by atoms with Gasteiger partial charge in [-0.3, -0.25) is 4.90 Å². The fourth-order valence-electron chi connectivity index (χ4n) is 5.77. The van der Waals surface area contributed by atoms with Crippen LogP contribution in [-0.4, -0.2) is 62.6 Å². The minimum absolute atomic E-state index is 0.152. The first-order valence-electron chi connectivity index (χ1n) is 10.8. The lowest BCUT2D eigenvalue weighted by atomic mass is 9.58. The zero-order chi connectivity index (χ0) is 19.9. The second-order valence-corrected chi connectivity index (χ2v) is 11.3. The first kappa shape index (κ1) is 20.3. The number of nitrogens with one attached hydrogen (secondary N) is 1. The summed E-state index contributed by atoms with van der Waals surface area (Å²) in [4.78, 5) is 2.68. The molecule has 5 nitrogen and oxygen atoms in total.